The summed E-state index contributed by atoms with van der Waals surface area (Å²) >= 11 is 0. The lowest BCUT2D eigenvalue weighted by atomic mass is 10.0. The molecule has 2 rings (SSSR count). The molecular weight excluding hydrogens is 257 g/mol. The fourth-order valence-electron chi connectivity index (χ4n) is 2.32. The second kappa shape index (κ2) is 6.52. The molecule has 1 heterocycles. The van der Waals surface area contributed by atoms with E-state index in [2.05, 4.69) is 16.9 Å². The predicted octanol–water partition coefficient (Wildman–Crippen LogP) is 3.07. The first-order valence-corrected chi connectivity index (χ1v) is 6.79. The summed E-state index contributed by atoms with van der Waals surface area (Å²) < 4.78 is 19.2. The van der Waals surface area contributed by atoms with Crippen LogP contribution in [0.5, 0.6) is 5.75 Å². The summed E-state index contributed by atoms with van der Waals surface area (Å²) in [7, 11) is 1.52. The Morgan fingerprint density at radius 3 is 2.90 bits per heavy atom. The fraction of sp³-hybridized carbons (Fsp3) is 0.400. The number of rotatable bonds is 6. The summed E-state index contributed by atoms with van der Waals surface area (Å²) in [5, 5.41) is 0. The number of nitrogens with zero attached hydrogens (tertiary/aromatic N) is 1. The molecule has 20 heavy (non-hydrogen) atoms. The standard InChI is InChI=1S/C15H20FN3O/c1-3-5-10(8-17)15-18-9-12(19-15)14-11(16)6-4-7-13(14)20-2/h4,6-7,9-10H,3,5,8,17H2,1-2H3,(H,18,19). The second-order valence-electron chi connectivity index (χ2n) is 4.72. The summed E-state index contributed by atoms with van der Waals surface area (Å²) in [6, 6.07) is 4.75. The molecule has 0 aliphatic rings. The van der Waals surface area contributed by atoms with Gasteiger partial charge in [0.2, 0.25) is 0 Å². The molecule has 108 valence electrons. The molecule has 0 bridgehead atoms. The van der Waals surface area contributed by atoms with Crippen LogP contribution in [0.4, 0.5) is 4.39 Å². The number of halogens is 1. The maximum Gasteiger partial charge on any atom is 0.136 e. The maximum absolute atomic E-state index is 14.0. The van der Waals surface area contributed by atoms with E-state index in [1.54, 1.807) is 18.3 Å². The minimum Gasteiger partial charge on any atom is -0.496 e. The minimum absolute atomic E-state index is 0.173. The van der Waals surface area contributed by atoms with E-state index in [9.17, 15) is 4.39 Å². The number of imidazole rings is 1. The zero-order valence-electron chi connectivity index (χ0n) is 11.8. The van der Waals surface area contributed by atoms with Crippen LogP contribution in [0.15, 0.2) is 24.4 Å². The molecule has 0 fully saturated rings. The van der Waals surface area contributed by atoms with Crippen LogP contribution in [0.25, 0.3) is 11.3 Å². The van der Waals surface area contributed by atoms with Gasteiger partial charge < -0.3 is 15.5 Å². The Hall–Kier alpha value is -1.88. The van der Waals surface area contributed by atoms with Gasteiger partial charge in [0.25, 0.3) is 0 Å². The molecule has 1 atom stereocenters. The highest BCUT2D eigenvalue weighted by molar-refractivity contribution is 5.67. The van der Waals surface area contributed by atoms with E-state index < -0.39 is 0 Å². The van der Waals surface area contributed by atoms with E-state index >= 15 is 0 Å². The molecule has 0 spiro atoms. The van der Waals surface area contributed by atoms with Gasteiger partial charge in [-0.25, -0.2) is 9.37 Å². The summed E-state index contributed by atoms with van der Waals surface area (Å²) in [6.45, 7) is 2.63. The molecular formula is C15H20FN3O. The Kier molecular flexibility index (Phi) is 4.74. The Bertz CT molecular complexity index is 568. The number of hydrogen-bond acceptors (Lipinski definition) is 3. The number of aromatic amines is 1. The van der Waals surface area contributed by atoms with Gasteiger partial charge in [-0.15, -0.1) is 0 Å². The molecule has 1 aromatic carbocycles. The number of methoxy groups -OCH3 is 1. The van der Waals surface area contributed by atoms with Crippen molar-refractivity contribution < 1.29 is 9.13 Å². The van der Waals surface area contributed by atoms with Crippen LogP contribution < -0.4 is 10.5 Å². The van der Waals surface area contributed by atoms with Crippen molar-refractivity contribution in [3.63, 3.8) is 0 Å². The lowest BCUT2D eigenvalue weighted by Gasteiger charge is -2.10. The Morgan fingerprint density at radius 1 is 1.45 bits per heavy atom. The number of hydrogen-bond donors (Lipinski definition) is 2. The predicted molar refractivity (Wildman–Crippen MR) is 77.2 cm³/mol. The lowest BCUT2D eigenvalue weighted by Crippen LogP contribution is -2.13. The van der Waals surface area contributed by atoms with Crippen LogP contribution in [0, 0.1) is 5.82 Å². The molecule has 0 aliphatic heterocycles. The number of nitrogens with one attached hydrogen (secondary N) is 1. The minimum atomic E-state index is -0.334. The van der Waals surface area contributed by atoms with Crippen molar-refractivity contribution in [1.29, 1.82) is 0 Å². The van der Waals surface area contributed by atoms with Crippen molar-refractivity contribution in [2.24, 2.45) is 5.73 Å². The van der Waals surface area contributed by atoms with Crippen molar-refractivity contribution in [2.75, 3.05) is 13.7 Å². The molecule has 3 N–H and O–H groups in total. The van der Waals surface area contributed by atoms with E-state index in [-0.39, 0.29) is 11.7 Å². The van der Waals surface area contributed by atoms with Crippen molar-refractivity contribution in [3.8, 4) is 17.0 Å². The van der Waals surface area contributed by atoms with Gasteiger partial charge >= 0.3 is 0 Å². The molecule has 2 aromatic rings. The monoisotopic (exact) mass is 277 g/mol. The molecule has 1 unspecified atom stereocenters. The van der Waals surface area contributed by atoms with Gasteiger partial charge in [0.15, 0.2) is 0 Å². The van der Waals surface area contributed by atoms with Crippen LogP contribution in [0.1, 0.15) is 31.5 Å². The number of H-pyrrole nitrogens is 1. The smallest absolute Gasteiger partial charge is 0.136 e. The van der Waals surface area contributed by atoms with Gasteiger partial charge in [0.05, 0.1) is 24.6 Å². The van der Waals surface area contributed by atoms with Crippen molar-refractivity contribution in [3.05, 3.63) is 36.0 Å². The number of nitrogens with two attached hydrogens (primary N) is 1. The Morgan fingerprint density at radius 2 is 2.25 bits per heavy atom. The zero-order valence-corrected chi connectivity index (χ0v) is 11.8. The highest BCUT2D eigenvalue weighted by Crippen LogP contribution is 2.32. The molecule has 0 amide bonds. The van der Waals surface area contributed by atoms with Crippen LogP contribution in [0.2, 0.25) is 0 Å². The molecule has 4 nitrogen and oxygen atoms in total. The summed E-state index contributed by atoms with van der Waals surface area (Å²) in [4.78, 5) is 7.51. The van der Waals surface area contributed by atoms with Crippen LogP contribution in [-0.2, 0) is 0 Å². The quantitative estimate of drug-likeness (QED) is 0.853. The van der Waals surface area contributed by atoms with Crippen molar-refractivity contribution >= 4 is 0 Å². The molecule has 5 heteroatoms. The highest BCUT2D eigenvalue weighted by Gasteiger charge is 2.17. The summed E-state index contributed by atoms with van der Waals surface area (Å²) in [6.07, 6.45) is 3.62. The third kappa shape index (κ3) is 2.82. The van der Waals surface area contributed by atoms with Crippen LogP contribution >= 0.6 is 0 Å². The molecule has 0 aliphatic carbocycles. The first kappa shape index (κ1) is 14.5. The molecule has 0 saturated heterocycles. The summed E-state index contributed by atoms with van der Waals surface area (Å²) in [5.74, 6) is 1.13. The molecule has 0 saturated carbocycles. The van der Waals surface area contributed by atoms with Gasteiger partial charge in [-0.1, -0.05) is 19.4 Å². The fourth-order valence-corrected chi connectivity index (χ4v) is 2.32. The van der Waals surface area contributed by atoms with Gasteiger partial charge in [0, 0.05) is 12.5 Å². The second-order valence-corrected chi connectivity index (χ2v) is 4.72. The first-order valence-electron chi connectivity index (χ1n) is 6.79. The third-order valence-electron chi connectivity index (χ3n) is 3.37. The first-order chi connectivity index (χ1) is 9.71. The largest absolute Gasteiger partial charge is 0.496 e. The van der Waals surface area contributed by atoms with Gasteiger partial charge in [0.1, 0.15) is 17.4 Å². The Balaban J connectivity index is 2.38. The number of aromatic nitrogens is 2. The van der Waals surface area contributed by atoms with Crippen LogP contribution in [-0.4, -0.2) is 23.6 Å². The Labute approximate surface area is 118 Å². The SMILES string of the molecule is CCCC(CN)c1ncc(-c2c(F)cccc2OC)[nH]1. The van der Waals surface area contributed by atoms with E-state index in [4.69, 9.17) is 10.5 Å². The number of benzene rings is 1. The molecule has 1 aromatic heterocycles. The van der Waals surface area contributed by atoms with Crippen molar-refractivity contribution in [1.82, 2.24) is 9.97 Å². The average Bonchev–Trinajstić information content (AvgIpc) is 2.93. The number of ether oxygens (including phenoxy) is 1. The van der Waals surface area contributed by atoms with E-state index in [0.29, 0.717) is 23.6 Å². The third-order valence-corrected chi connectivity index (χ3v) is 3.37. The van der Waals surface area contributed by atoms with Gasteiger partial charge in [-0.05, 0) is 18.6 Å². The molecule has 0 radical (unpaired) electrons. The van der Waals surface area contributed by atoms with E-state index in [0.717, 1.165) is 18.7 Å². The zero-order chi connectivity index (χ0) is 14.5. The average molecular weight is 277 g/mol. The normalized spacial score (nSPS) is 12.4. The maximum atomic E-state index is 14.0. The van der Waals surface area contributed by atoms with Crippen molar-refractivity contribution in [2.45, 2.75) is 25.7 Å². The van der Waals surface area contributed by atoms with Gasteiger partial charge in [-0.3, -0.25) is 0 Å². The van der Waals surface area contributed by atoms with Gasteiger partial charge in [-0.2, -0.15) is 0 Å². The summed E-state index contributed by atoms with van der Waals surface area (Å²) in [5.41, 5.74) is 6.79. The van der Waals surface area contributed by atoms with E-state index in [1.165, 1.54) is 13.2 Å². The highest BCUT2D eigenvalue weighted by atomic mass is 19.1. The van der Waals surface area contributed by atoms with E-state index in [1.807, 2.05) is 0 Å². The topological polar surface area (TPSA) is 63.9 Å². The lowest BCUT2D eigenvalue weighted by molar-refractivity contribution is 0.413. The van der Waals surface area contributed by atoms with Crippen LogP contribution in [0.3, 0.4) is 0 Å².